The summed E-state index contributed by atoms with van der Waals surface area (Å²) in [6, 6.07) is 5.16. The molecule has 1 amide bonds. The lowest BCUT2D eigenvalue weighted by molar-refractivity contribution is -0.116. The zero-order valence-corrected chi connectivity index (χ0v) is 14.3. The molecule has 6 heteroatoms. The summed E-state index contributed by atoms with van der Waals surface area (Å²) in [5.74, 6) is -0.0913. The lowest BCUT2D eigenvalue weighted by atomic mass is 10.1. The number of nitrogens with one attached hydrogen (secondary N) is 1. The van der Waals surface area contributed by atoms with Crippen LogP contribution in [0, 0.1) is 0 Å². The molecule has 0 saturated carbocycles. The van der Waals surface area contributed by atoms with Gasteiger partial charge in [0.15, 0.2) is 0 Å². The summed E-state index contributed by atoms with van der Waals surface area (Å²) in [6.45, 7) is 2.39. The first kappa shape index (κ1) is 17.5. The Morgan fingerprint density at radius 3 is 2.73 bits per heavy atom. The standard InChI is InChI=1S/C16H22Cl2N2O2/c1-20(11-12-5-2-3-10-22-12)9-8-15(21)19-16-13(17)6-4-7-14(16)18/h4,6-7,12H,2-3,5,8-11H2,1H3,(H,19,21). The van der Waals surface area contributed by atoms with Crippen molar-refractivity contribution in [2.45, 2.75) is 31.8 Å². The summed E-state index contributed by atoms with van der Waals surface area (Å²) in [6.07, 6.45) is 4.17. The highest BCUT2D eigenvalue weighted by Crippen LogP contribution is 2.29. The van der Waals surface area contributed by atoms with Crippen molar-refractivity contribution >= 4 is 34.8 Å². The minimum Gasteiger partial charge on any atom is -0.377 e. The molecule has 2 rings (SSSR count). The van der Waals surface area contributed by atoms with Crippen LogP contribution in [0.25, 0.3) is 0 Å². The zero-order valence-electron chi connectivity index (χ0n) is 12.8. The predicted molar refractivity (Wildman–Crippen MR) is 90.8 cm³/mol. The van der Waals surface area contributed by atoms with Crippen LogP contribution in [0.3, 0.4) is 0 Å². The van der Waals surface area contributed by atoms with Gasteiger partial charge in [0.1, 0.15) is 0 Å². The summed E-state index contributed by atoms with van der Waals surface area (Å²) in [5.41, 5.74) is 0.481. The van der Waals surface area contributed by atoms with Gasteiger partial charge in [0, 0.05) is 26.1 Å². The molecule has 4 nitrogen and oxygen atoms in total. The molecule has 1 heterocycles. The maximum atomic E-state index is 12.0. The van der Waals surface area contributed by atoms with E-state index in [1.165, 1.54) is 6.42 Å². The Morgan fingerprint density at radius 1 is 1.36 bits per heavy atom. The van der Waals surface area contributed by atoms with Crippen LogP contribution in [0.1, 0.15) is 25.7 Å². The average molecular weight is 345 g/mol. The third-order valence-electron chi connectivity index (χ3n) is 3.74. The molecule has 1 aromatic rings. The van der Waals surface area contributed by atoms with Gasteiger partial charge in [0.2, 0.25) is 5.91 Å². The fraction of sp³-hybridized carbons (Fsp3) is 0.562. The molecule has 1 aromatic carbocycles. The second kappa shape index (κ2) is 8.73. The largest absolute Gasteiger partial charge is 0.377 e. The van der Waals surface area contributed by atoms with Crippen molar-refractivity contribution in [1.82, 2.24) is 4.90 Å². The Labute approximate surface area is 141 Å². The van der Waals surface area contributed by atoms with Gasteiger partial charge in [-0.25, -0.2) is 0 Å². The molecule has 0 aromatic heterocycles. The average Bonchev–Trinajstić information content (AvgIpc) is 2.50. The molecule has 1 N–H and O–H groups in total. The molecule has 1 saturated heterocycles. The van der Waals surface area contributed by atoms with Gasteiger partial charge < -0.3 is 15.0 Å². The van der Waals surface area contributed by atoms with Crippen LogP contribution in [0.15, 0.2) is 18.2 Å². The molecular weight excluding hydrogens is 323 g/mol. The molecule has 1 aliphatic rings. The summed E-state index contributed by atoms with van der Waals surface area (Å²) >= 11 is 12.1. The molecular formula is C16H22Cl2N2O2. The van der Waals surface area contributed by atoms with Gasteiger partial charge in [-0.2, -0.15) is 0 Å². The van der Waals surface area contributed by atoms with Crippen molar-refractivity contribution in [3.8, 4) is 0 Å². The number of ether oxygens (including phenoxy) is 1. The number of benzene rings is 1. The van der Waals surface area contributed by atoms with Crippen LogP contribution >= 0.6 is 23.2 Å². The fourth-order valence-electron chi connectivity index (χ4n) is 2.50. The SMILES string of the molecule is CN(CCC(=O)Nc1c(Cl)cccc1Cl)CC1CCCCO1. The van der Waals surface area contributed by atoms with Crippen molar-refractivity contribution in [3.05, 3.63) is 28.2 Å². The minimum atomic E-state index is -0.0913. The van der Waals surface area contributed by atoms with E-state index in [0.717, 1.165) is 26.0 Å². The lowest BCUT2D eigenvalue weighted by Gasteiger charge is -2.27. The first-order valence-electron chi connectivity index (χ1n) is 7.60. The smallest absolute Gasteiger partial charge is 0.225 e. The highest BCUT2D eigenvalue weighted by atomic mass is 35.5. The normalized spacial score (nSPS) is 18.5. The van der Waals surface area contributed by atoms with E-state index in [-0.39, 0.29) is 5.91 Å². The fourth-order valence-corrected chi connectivity index (χ4v) is 2.99. The van der Waals surface area contributed by atoms with Gasteiger partial charge in [0.25, 0.3) is 0 Å². The first-order chi connectivity index (χ1) is 10.6. The van der Waals surface area contributed by atoms with E-state index in [1.807, 2.05) is 7.05 Å². The van der Waals surface area contributed by atoms with E-state index in [0.29, 0.717) is 34.8 Å². The molecule has 1 aliphatic heterocycles. The van der Waals surface area contributed by atoms with Crippen molar-refractivity contribution in [3.63, 3.8) is 0 Å². The Balaban J connectivity index is 1.75. The summed E-state index contributed by atoms with van der Waals surface area (Å²) in [7, 11) is 2.01. The zero-order chi connectivity index (χ0) is 15.9. The van der Waals surface area contributed by atoms with Crippen molar-refractivity contribution in [2.75, 3.05) is 32.1 Å². The molecule has 22 heavy (non-hydrogen) atoms. The molecule has 0 aliphatic carbocycles. The Morgan fingerprint density at radius 2 is 2.09 bits per heavy atom. The number of halogens is 2. The maximum absolute atomic E-state index is 12.0. The van der Waals surface area contributed by atoms with Crippen LogP contribution in [0.2, 0.25) is 10.0 Å². The third kappa shape index (κ3) is 5.43. The Hall–Kier alpha value is -0.810. The monoisotopic (exact) mass is 344 g/mol. The van der Waals surface area contributed by atoms with E-state index in [4.69, 9.17) is 27.9 Å². The number of rotatable bonds is 6. The molecule has 1 atom stereocenters. The van der Waals surface area contributed by atoms with E-state index in [1.54, 1.807) is 18.2 Å². The highest BCUT2D eigenvalue weighted by Gasteiger charge is 2.16. The van der Waals surface area contributed by atoms with E-state index >= 15 is 0 Å². The van der Waals surface area contributed by atoms with Crippen LogP contribution in [0.4, 0.5) is 5.69 Å². The van der Waals surface area contributed by atoms with Gasteiger partial charge in [-0.1, -0.05) is 29.3 Å². The summed E-state index contributed by atoms with van der Waals surface area (Å²) in [5, 5.41) is 3.67. The third-order valence-corrected chi connectivity index (χ3v) is 4.37. The summed E-state index contributed by atoms with van der Waals surface area (Å²) in [4.78, 5) is 14.2. The number of amides is 1. The Kier molecular flexibility index (Phi) is 6.96. The highest BCUT2D eigenvalue weighted by molar-refractivity contribution is 6.39. The van der Waals surface area contributed by atoms with Crippen LogP contribution < -0.4 is 5.32 Å². The number of para-hydroxylation sites is 1. The molecule has 0 spiro atoms. The number of hydrogen-bond acceptors (Lipinski definition) is 3. The number of hydrogen-bond donors (Lipinski definition) is 1. The number of anilines is 1. The Bertz CT molecular complexity index is 485. The van der Waals surface area contributed by atoms with Gasteiger partial charge in [-0.15, -0.1) is 0 Å². The minimum absolute atomic E-state index is 0.0913. The number of carbonyl (C=O) groups is 1. The predicted octanol–water partition coefficient (Wildman–Crippen LogP) is 3.82. The van der Waals surface area contributed by atoms with E-state index in [2.05, 4.69) is 10.2 Å². The van der Waals surface area contributed by atoms with Gasteiger partial charge in [-0.05, 0) is 38.4 Å². The second-order valence-corrected chi connectivity index (χ2v) is 6.46. The van der Waals surface area contributed by atoms with E-state index < -0.39 is 0 Å². The molecule has 0 bridgehead atoms. The molecule has 1 unspecified atom stereocenters. The van der Waals surface area contributed by atoms with E-state index in [9.17, 15) is 4.79 Å². The van der Waals surface area contributed by atoms with Crippen molar-refractivity contribution in [2.24, 2.45) is 0 Å². The van der Waals surface area contributed by atoms with Gasteiger partial charge >= 0.3 is 0 Å². The van der Waals surface area contributed by atoms with Gasteiger partial charge in [0.05, 0.1) is 21.8 Å². The molecule has 0 radical (unpaired) electrons. The topological polar surface area (TPSA) is 41.6 Å². The van der Waals surface area contributed by atoms with Crippen LogP contribution in [-0.2, 0) is 9.53 Å². The van der Waals surface area contributed by atoms with Crippen LogP contribution in [-0.4, -0.2) is 43.7 Å². The van der Waals surface area contributed by atoms with Crippen LogP contribution in [0.5, 0.6) is 0 Å². The molecule has 122 valence electrons. The maximum Gasteiger partial charge on any atom is 0.225 e. The number of likely N-dealkylation sites (N-methyl/N-ethyl adjacent to an activating group) is 1. The number of carbonyl (C=O) groups excluding carboxylic acids is 1. The van der Waals surface area contributed by atoms with Gasteiger partial charge in [-0.3, -0.25) is 4.79 Å². The second-order valence-electron chi connectivity index (χ2n) is 5.65. The molecule has 1 fully saturated rings. The number of nitrogens with zero attached hydrogens (tertiary/aromatic N) is 1. The summed E-state index contributed by atoms with van der Waals surface area (Å²) < 4.78 is 5.71. The van der Waals surface area contributed by atoms with Crippen molar-refractivity contribution in [1.29, 1.82) is 0 Å². The quantitative estimate of drug-likeness (QED) is 0.852. The lowest BCUT2D eigenvalue weighted by Crippen LogP contribution is -2.35. The first-order valence-corrected chi connectivity index (χ1v) is 8.36. The van der Waals surface area contributed by atoms with Crippen molar-refractivity contribution < 1.29 is 9.53 Å².